The number of aryl methyl sites for hydroxylation is 1. The fourth-order valence-electron chi connectivity index (χ4n) is 2.18. The van der Waals surface area contributed by atoms with E-state index in [1.54, 1.807) is 12.1 Å². The van der Waals surface area contributed by atoms with E-state index in [2.05, 4.69) is 26.2 Å². The minimum absolute atomic E-state index is 0.132. The van der Waals surface area contributed by atoms with E-state index in [1.165, 1.54) is 0 Å². The van der Waals surface area contributed by atoms with Crippen molar-refractivity contribution in [2.24, 2.45) is 0 Å². The van der Waals surface area contributed by atoms with Gasteiger partial charge in [0, 0.05) is 12.0 Å². The first-order valence-corrected chi connectivity index (χ1v) is 7.13. The molecule has 1 aliphatic rings. The molecule has 0 bridgehead atoms. The molecule has 0 aliphatic carbocycles. The van der Waals surface area contributed by atoms with Gasteiger partial charge in [-0.15, -0.1) is 0 Å². The third-order valence-corrected chi connectivity index (χ3v) is 3.69. The highest BCUT2D eigenvalue weighted by Crippen LogP contribution is 2.26. The summed E-state index contributed by atoms with van der Waals surface area (Å²) in [6, 6.07) is 9.16. The molecule has 0 unspecified atom stereocenters. The summed E-state index contributed by atoms with van der Waals surface area (Å²) in [5, 5.41) is 2.88. The predicted molar refractivity (Wildman–Crippen MR) is 80.3 cm³/mol. The second kappa shape index (κ2) is 5.25. The molecule has 20 heavy (non-hydrogen) atoms. The molecular formula is C15H13BrN2O2. The van der Waals surface area contributed by atoms with Crippen LogP contribution in [0.4, 0.5) is 5.69 Å². The van der Waals surface area contributed by atoms with E-state index in [1.807, 2.05) is 25.1 Å². The number of hydrogen-bond donors (Lipinski definition) is 1. The molecule has 0 spiro atoms. The Kier molecular flexibility index (Phi) is 3.44. The molecule has 5 heteroatoms. The van der Waals surface area contributed by atoms with E-state index < -0.39 is 0 Å². The molecule has 2 aromatic rings. The number of fused-ring (bicyclic) bond motifs is 1. The number of anilines is 1. The number of hydrogen-bond acceptors (Lipinski definition) is 3. The molecule has 1 aromatic carbocycles. The summed E-state index contributed by atoms with van der Waals surface area (Å²) >= 11 is 3.30. The fourth-order valence-corrected chi connectivity index (χ4v) is 2.58. The zero-order chi connectivity index (χ0) is 14.1. The number of aromatic nitrogens is 1. The average Bonchev–Trinajstić information content (AvgIpc) is 2.89. The van der Waals surface area contributed by atoms with Crippen LogP contribution in [0.15, 0.2) is 34.9 Å². The van der Waals surface area contributed by atoms with Crippen LogP contribution in [0.5, 0.6) is 5.75 Å². The Morgan fingerprint density at radius 3 is 3.00 bits per heavy atom. The molecule has 0 fully saturated rings. The van der Waals surface area contributed by atoms with Gasteiger partial charge in [0.15, 0.2) is 0 Å². The van der Waals surface area contributed by atoms with Crippen molar-refractivity contribution in [3.63, 3.8) is 0 Å². The monoisotopic (exact) mass is 332 g/mol. The molecular weight excluding hydrogens is 320 g/mol. The van der Waals surface area contributed by atoms with E-state index >= 15 is 0 Å². The lowest BCUT2D eigenvalue weighted by molar-refractivity contribution is 0.102. The molecule has 4 nitrogen and oxygen atoms in total. The molecule has 0 saturated heterocycles. The van der Waals surface area contributed by atoms with Crippen LogP contribution in [0, 0.1) is 6.92 Å². The van der Waals surface area contributed by atoms with Gasteiger partial charge in [0.25, 0.3) is 5.91 Å². The molecule has 1 aliphatic heterocycles. The quantitative estimate of drug-likeness (QED) is 0.858. The van der Waals surface area contributed by atoms with Crippen molar-refractivity contribution in [3.8, 4) is 5.75 Å². The van der Waals surface area contributed by atoms with Gasteiger partial charge < -0.3 is 10.1 Å². The van der Waals surface area contributed by atoms with Crippen molar-refractivity contribution in [2.75, 3.05) is 11.9 Å². The minimum atomic E-state index is -0.132. The zero-order valence-corrected chi connectivity index (χ0v) is 12.5. The normalized spacial score (nSPS) is 12.7. The second-order valence-corrected chi connectivity index (χ2v) is 5.45. The summed E-state index contributed by atoms with van der Waals surface area (Å²) in [6.45, 7) is 2.55. The molecule has 0 saturated carbocycles. The Labute approximate surface area is 125 Å². The van der Waals surface area contributed by atoms with Gasteiger partial charge in [-0.1, -0.05) is 0 Å². The Morgan fingerprint density at radius 1 is 1.35 bits per heavy atom. The van der Waals surface area contributed by atoms with Crippen LogP contribution < -0.4 is 10.1 Å². The number of benzene rings is 1. The molecule has 2 heterocycles. The van der Waals surface area contributed by atoms with E-state index in [0.29, 0.717) is 12.2 Å². The number of amides is 1. The third-order valence-electron chi connectivity index (χ3n) is 3.25. The number of rotatable bonds is 2. The fraction of sp³-hybridized carbons (Fsp3) is 0.200. The summed E-state index contributed by atoms with van der Waals surface area (Å²) in [7, 11) is 0. The van der Waals surface area contributed by atoms with E-state index in [0.717, 1.165) is 33.7 Å². The highest BCUT2D eigenvalue weighted by Gasteiger charge is 2.15. The lowest BCUT2D eigenvalue weighted by Gasteiger charge is -2.09. The highest BCUT2D eigenvalue weighted by atomic mass is 79.9. The number of pyridine rings is 1. The van der Waals surface area contributed by atoms with E-state index in [-0.39, 0.29) is 5.91 Å². The molecule has 1 N–H and O–H groups in total. The Balaban J connectivity index is 1.82. The van der Waals surface area contributed by atoms with Crippen LogP contribution in [-0.4, -0.2) is 17.5 Å². The van der Waals surface area contributed by atoms with Gasteiger partial charge in [-0.25, -0.2) is 4.98 Å². The summed E-state index contributed by atoms with van der Waals surface area (Å²) < 4.78 is 6.19. The van der Waals surface area contributed by atoms with Gasteiger partial charge in [-0.05, 0) is 58.7 Å². The SMILES string of the molecule is Cc1nc(Br)ccc1NC(=O)c1ccc2c(c1)CCO2. The number of nitrogens with zero attached hydrogens (tertiary/aromatic N) is 1. The van der Waals surface area contributed by atoms with Gasteiger partial charge in [0.05, 0.1) is 18.0 Å². The van der Waals surface area contributed by atoms with Crippen molar-refractivity contribution < 1.29 is 9.53 Å². The third kappa shape index (κ3) is 2.54. The van der Waals surface area contributed by atoms with Gasteiger partial charge in [-0.3, -0.25) is 4.79 Å². The Hall–Kier alpha value is -1.88. The van der Waals surface area contributed by atoms with Crippen LogP contribution in [0.2, 0.25) is 0 Å². The Bertz CT molecular complexity index is 686. The van der Waals surface area contributed by atoms with Crippen LogP contribution in [0.3, 0.4) is 0 Å². The van der Waals surface area contributed by atoms with E-state index in [9.17, 15) is 4.79 Å². The predicted octanol–water partition coefficient (Wildman–Crippen LogP) is 3.34. The van der Waals surface area contributed by atoms with Crippen molar-refractivity contribution in [2.45, 2.75) is 13.3 Å². The maximum atomic E-state index is 12.3. The Morgan fingerprint density at radius 2 is 2.20 bits per heavy atom. The van der Waals surface area contributed by atoms with Crippen LogP contribution in [0.1, 0.15) is 21.6 Å². The molecule has 1 aromatic heterocycles. The lowest BCUT2D eigenvalue weighted by Crippen LogP contribution is -2.13. The first-order valence-electron chi connectivity index (χ1n) is 6.34. The second-order valence-electron chi connectivity index (χ2n) is 4.64. The summed E-state index contributed by atoms with van der Waals surface area (Å²) in [6.07, 6.45) is 0.856. The maximum absolute atomic E-state index is 12.3. The topological polar surface area (TPSA) is 51.2 Å². The van der Waals surface area contributed by atoms with Crippen molar-refractivity contribution in [1.82, 2.24) is 4.98 Å². The number of carbonyl (C=O) groups excluding carboxylic acids is 1. The number of carbonyl (C=O) groups is 1. The highest BCUT2D eigenvalue weighted by molar-refractivity contribution is 9.10. The standard InChI is InChI=1S/C15H13BrN2O2/c1-9-12(3-5-14(16)17-9)18-15(19)11-2-4-13-10(8-11)6-7-20-13/h2-5,8H,6-7H2,1H3,(H,18,19). The molecule has 0 radical (unpaired) electrons. The summed E-state index contributed by atoms with van der Waals surface area (Å²) in [5.41, 5.74) is 3.21. The smallest absolute Gasteiger partial charge is 0.255 e. The minimum Gasteiger partial charge on any atom is -0.493 e. The molecule has 102 valence electrons. The molecule has 1 amide bonds. The number of nitrogens with one attached hydrogen (secondary N) is 1. The molecule has 3 rings (SSSR count). The average molecular weight is 333 g/mol. The lowest BCUT2D eigenvalue weighted by atomic mass is 10.1. The summed E-state index contributed by atoms with van der Waals surface area (Å²) in [5.74, 6) is 0.745. The summed E-state index contributed by atoms with van der Waals surface area (Å²) in [4.78, 5) is 16.5. The first-order chi connectivity index (χ1) is 9.63. The largest absolute Gasteiger partial charge is 0.493 e. The van der Waals surface area contributed by atoms with Gasteiger partial charge in [0.2, 0.25) is 0 Å². The molecule has 0 atom stereocenters. The van der Waals surface area contributed by atoms with Crippen LogP contribution in [-0.2, 0) is 6.42 Å². The number of halogens is 1. The van der Waals surface area contributed by atoms with E-state index in [4.69, 9.17) is 4.74 Å². The van der Waals surface area contributed by atoms with Gasteiger partial charge >= 0.3 is 0 Å². The van der Waals surface area contributed by atoms with Gasteiger partial charge in [-0.2, -0.15) is 0 Å². The van der Waals surface area contributed by atoms with Crippen molar-refractivity contribution in [3.05, 3.63) is 51.8 Å². The van der Waals surface area contributed by atoms with Crippen LogP contribution >= 0.6 is 15.9 Å². The van der Waals surface area contributed by atoms with Crippen LogP contribution in [0.25, 0.3) is 0 Å². The van der Waals surface area contributed by atoms with Gasteiger partial charge in [0.1, 0.15) is 10.4 Å². The maximum Gasteiger partial charge on any atom is 0.255 e. The zero-order valence-electron chi connectivity index (χ0n) is 10.9. The van der Waals surface area contributed by atoms with Crippen molar-refractivity contribution >= 4 is 27.5 Å². The van der Waals surface area contributed by atoms with Crippen molar-refractivity contribution in [1.29, 1.82) is 0 Å². The first kappa shape index (κ1) is 13.1. The number of ether oxygens (including phenoxy) is 1.